The van der Waals surface area contributed by atoms with Crippen LogP contribution in [0.15, 0.2) is 17.0 Å². The number of ether oxygens (including phenoxy) is 1. The van der Waals surface area contributed by atoms with E-state index in [0.717, 1.165) is 21.6 Å². The molecule has 2 amide bonds. The molecule has 2 rings (SSSR count). The average molecular weight is 399 g/mol. The number of sulfonamides is 1. The molecule has 0 aliphatic carbocycles. The fraction of sp³-hybridized carbons (Fsp3) is 0.556. The predicted molar refractivity (Wildman–Crippen MR) is 100 cm³/mol. The third-order valence-corrected chi connectivity index (χ3v) is 7.19. The zero-order valence-electron chi connectivity index (χ0n) is 16.5. The summed E-state index contributed by atoms with van der Waals surface area (Å²) in [6.45, 7) is 8.89. The van der Waals surface area contributed by atoms with Crippen LogP contribution in [-0.4, -0.2) is 64.1 Å². The molecule has 1 heterocycles. The zero-order valence-corrected chi connectivity index (χ0v) is 17.3. The number of nitrogens with zero attached hydrogens (tertiary/aromatic N) is 1. The van der Waals surface area contributed by atoms with Crippen molar-refractivity contribution in [1.82, 2.24) is 9.62 Å². The lowest BCUT2D eigenvalue weighted by atomic mass is 10.1. The van der Waals surface area contributed by atoms with Crippen LogP contribution in [0.4, 0.5) is 4.79 Å². The summed E-state index contributed by atoms with van der Waals surface area (Å²) in [5, 5.41) is 2.16. The molecular weight excluding hydrogens is 370 g/mol. The van der Waals surface area contributed by atoms with Gasteiger partial charge in [-0.2, -0.15) is 4.31 Å². The quantitative estimate of drug-likeness (QED) is 0.730. The number of benzene rings is 1. The Balaban J connectivity index is 2.09. The Morgan fingerprint density at radius 3 is 2.15 bits per heavy atom. The summed E-state index contributed by atoms with van der Waals surface area (Å²) in [6.07, 6.45) is -0.794. The molecule has 0 radical (unpaired) electrons. The van der Waals surface area contributed by atoms with Crippen LogP contribution in [0.1, 0.15) is 23.6 Å². The first-order valence-electron chi connectivity index (χ1n) is 8.89. The van der Waals surface area contributed by atoms with Crippen LogP contribution in [0.2, 0.25) is 0 Å². The normalized spacial score (nSPS) is 17.4. The van der Waals surface area contributed by atoms with Crippen LogP contribution in [-0.2, 0) is 19.6 Å². The van der Waals surface area contributed by atoms with Gasteiger partial charge in [-0.15, -0.1) is 0 Å². The minimum Gasteiger partial charge on any atom is -0.453 e. The van der Waals surface area contributed by atoms with Gasteiger partial charge in [-0.25, -0.2) is 13.2 Å². The van der Waals surface area contributed by atoms with Gasteiger partial charge in [-0.3, -0.25) is 10.1 Å². The molecule has 1 aromatic carbocycles. The minimum atomic E-state index is -3.59. The molecule has 8 nitrogen and oxygen atoms in total. The summed E-state index contributed by atoms with van der Waals surface area (Å²) in [5.74, 6) is -0.432. The van der Waals surface area contributed by atoms with E-state index in [1.807, 2.05) is 32.9 Å². The van der Waals surface area contributed by atoms with Crippen LogP contribution >= 0.6 is 0 Å². The summed E-state index contributed by atoms with van der Waals surface area (Å²) in [7, 11) is -2.39. The van der Waals surface area contributed by atoms with Crippen molar-refractivity contribution in [2.45, 2.75) is 38.6 Å². The molecule has 1 aliphatic rings. The standard InChI is InChI=1S/C18H27N3O5S/c1-12-10-13(2)16(14(3)11-12)27(24,25)21-8-6-20(7-9-21)15(4)17(22)19-18(23)26-5/h10-11,15H,6-9H2,1-5H3,(H,19,22,23)/p+1/t15-/m1/s1. The van der Waals surface area contributed by atoms with Gasteiger partial charge in [0, 0.05) is 0 Å². The van der Waals surface area contributed by atoms with E-state index in [-0.39, 0.29) is 0 Å². The second-order valence-electron chi connectivity index (χ2n) is 6.99. The summed E-state index contributed by atoms with van der Waals surface area (Å²) in [4.78, 5) is 24.6. The number of piperazine rings is 1. The lowest BCUT2D eigenvalue weighted by molar-refractivity contribution is -0.917. The van der Waals surface area contributed by atoms with Gasteiger partial charge in [0.25, 0.3) is 5.91 Å². The third-order valence-electron chi connectivity index (χ3n) is 4.98. The molecular formula is C18H28N3O5S+. The monoisotopic (exact) mass is 398 g/mol. The van der Waals surface area contributed by atoms with Gasteiger partial charge in [0.15, 0.2) is 6.04 Å². The van der Waals surface area contributed by atoms with Crippen molar-refractivity contribution in [2.24, 2.45) is 0 Å². The van der Waals surface area contributed by atoms with Crippen molar-refractivity contribution in [1.29, 1.82) is 0 Å². The van der Waals surface area contributed by atoms with E-state index in [1.165, 1.54) is 11.4 Å². The van der Waals surface area contributed by atoms with E-state index in [1.54, 1.807) is 6.92 Å². The molecule has 27 heavy (non-hydrogen) atoms. The van der Waals surface area contributed by atoms with Gasteiger partial charge in [-0.1, -0.05) is 17.7 Å². The number of quaternary nitrogens is 1. The molecule has 1 saturated heterocycles. The van der Waals surface area contributed by atoms with E-state index >= 15 is 0 Å². The van der Waals surface area contributed by atoms with Gasteiger partial charge in [0.1, 0.15) is 0 Å². The van der Waals surface area contributed by atoms with Crippen LogP contribution in [0.25, 0.3) is 0 Å². The number of nitrogens with one attached hydrogen (secondary N) is 2. The van der Waals surface area contributed by atoms with Crippen molar-refractivity contribution in [3.63, 3.8) is 0 Å². The number of rotatable bonds is 4. The first-order valence-corrected chi connectivity index (χ1v) is 10.3. The van der Waals surface area contributed by atoms with Crippen LogP contribution in [0.5, 0.6) is 0 Å². The van der Waals surface area contributed by atoms with Gasteiger partial charge >= 0.3 is 6.09 Å². The molecule has 2 N–H and O–H groups in total. The van der Waals surface area contributed by atoms with Crippen LogP contribution in [0, 0.1) is 20.8 Å². The number of aryl methyl sites for hydroxylation is 3. The third kappa shape index (κ3) is 4.66. The maximum absolute atomic E-state index is 13.1. The molecule has 0 unspecified atom stereocenters. The summed E-state index contributed by atoms with van der Waals surface area (Å²) in [6, 6.07) is 3.28. The largest absolute Gasteiger partial charge is 0.453 e. The number of carbonyl (C=O) groups is 2. The molecule has 1 fully saturated rings. The highest BCUT2D eigenvalue weighted by Crippen LogP contribution is 2.25. The molecule has 9 heteroatoms. The average Bonchev–Trinajstić information content (AvgIpc) is 2.59. The van der Waals surface area contributed by atoms with Gasteiger partial charge in [0.2, 0.25) is 10.0 Å². The van der Waals surface area contributed by atoms with Crippen LogP contribution < -0.4 is 10.2 Å². The molecule has 0 bridgehead atoms. The summed E-state index contributed by atoms with van der Waals surface area (Å²) in [5.41, 5.74) is 2.52. The van der Waals surface area contributed by atoms with Crippen molar-refractivity contribution < 1.29 is 27.6 Å². The highest BCUT2D eigenvalue weighted by molar-refractivity contribution is 7.89. The van der Waals surface area contributed by atoms with Gasteiger partial charge < -0.3 is 9.64 Å². The number of carbonyl (C=O) groups excluding carboxylic acids is 2. The fourth-order valence-electron chi connectivity index (χ4n) is 3.59. The SMILES string of the molecule is COC(=O)NC(=O)[C@@H](C)[NH+]1CCN(S(=O)(=O)c2c(C)cc(C)cc2C)CC1. The second kappa shape index (κ2) is 8.37. The molecule has 0 aromatic heterocycles. The van der Waals surface area contributed by atoms with Gasteiger partial charge in [0.05, 0.1) is 38.2 Å². The van der Waals surface area contributed by atoms with E-state index in [0.29, 0.717) is 31.1 Å². The number of imide groups is 1. The van der Waals surface area contributed by atoms with Crippen molar-refractivity contribution in [3.05, 3.63) is 28.8 Å². The summed E-state index contributed by atoms with van der Waals surface area (Å²) >= 11 is 0. The first-order chi connectivity index (χ1) is 12.6. The molecule has 0 spiro atoms. The first kappa shape index (κ1) is 21.3. The maximum atomic E-state index is 13.1. The van der Waals surface area contributed by atoms with Gasteiger partial charge in [-0.05, 0) is 38.8 Å². The Morgan fingerprint density at radius 2 is 1.67 bits per heavy atom. The van der Waals surface area contributed by atoms with E-state index in [4.69, 9.17) is 0 Å². The minimum absolute atomic E-state index is 0.320. The Kier molecular flexibility index (Phi) is 6.61. The maximum Gasteiger partial charge on any atom is 0.413 e. The topological polar surface area (TPSA) is 97.2 Å². The Hall–Kier alpha value is -1.97. The van der Waals surface area contributed by atoms with E-state index in [2.05, 4.69) is 10.1 Å². The molecule has 1 atom stereocenters. The number of alkyl carbamates (subject to hydrolysis) is 1. The highest BCUT2D eigenvalue weighted by atomic mass is 32.2. The Morgan fingerprint density at radius 1 is 1.15 bits per heavy atom. The Bertz CT molecular complexity index is 806. The second-order valence-corrected chi connectivity index (χ2v) is 8.87. The van der Waals surface area contributed by atoms with Crippen LogP contribution in [0.3, 0.4) is 0 Å². The Labute approximate surface area is 160 Å². The molecule has 150 valence electrons. The predicted octanol–water partition coefficient (Wildman–Crippen LogP) is -0.228. The number of hydrogen-bond donors (Lipinski definition) is 2. The van der Waals surface area contributed by atoms with Crippen molar-refractivity contribution in [2.75, 3.05) is 33.3 Å². The van der Waals surface area contributed by atoms with Crippen molar-refractivity contribution in [3.8, 4) is 0 Å². The van der Waals surface area contributed by atoms with Crippen molar-refractivity contribution >= 4 is 22.0 Å². The molecule has 0 saturated carbocycles. The van der Waals surface area contributed by atoms with E-state index < -0.39 is 28.1 Å². The molecule has 1 aromatic rings. The number of amides is 2. The fourth-order valence-corrected chi connectivity index (χ4v) is 5.45. The molecule has 1 aliphatic heterocycles. The number of methoxy groups -OCH3 is 1. The smallest absolute Gasteiger partial charge is 0.413 e. The lowest BCUT2D eigenvalue weighted by Crippen LogP contribution is -3.19. The van der Waals surface area contributed by atoms with E-state index in [9.17, 15) is 18.0 Å². The zero-order chi connectivity index (χ0) is 20.4. The lowest BCUT2D eigenvalue weighted by Gasteiger charge is -2.34. The number of hydrogen-bond acceptors (Lipinski definition) is 5. The highest BCUT2D eigenvalue weighted by Gasteiger charge is 2.36. The summed E-state index contributed by atoms with van der Waals surface area (Å²) < 4.78 is 32.1.